The molecule has 20 heavy (non-hydrogen) atoms. The average molecular weight is 302 g/mol. The maximum absolute atomic E-state index is 11.8. The number of hydrogen-bond acceptors (Lipinski definition) is 5. The lowest BCUT2D eigenvalue weighted by Crippen LogP contribution is -2.28. The molecule has 1 rings (SSSR count). The third-order valence-corrected chi connectivity index (χ3v) is 4.08. The van der Waals surface area contributed by atoms with E-state index in [1.807, 2.05) is 0 Å². The van der Waals surface area contributed by atoms with Crippen molar-refractivity contribution in [2.75, 3.05) is 26.5 Å². The van der Waals surface area contributed by atoms with Crippen LogP contribution in [0.1, 0.15) is 16.8 Å². The van der Waals surface area contributed by atoms with Crippen LogP contribution in [0.15, 0.2) is 18.2 Å². The van der Waals surface area contributed by atoms with Crippen molar-refractivity contribution in [2.24, 2.45) is 0 Å². The Hall–Kier alpha value is -1.80. The van der Waals surface area contributed by atoms with E-state index in [1.165, 1.54) is 32.4 Å². The molecule has 1 amide bonds. The van der Waals surface area contributed by atoms with E-state index in [9.17, 15) is 18.3 Å². The van der Waals surface area contributed by atoms with Crippen molar-refractivity contribution < 1.29 is 23.1 Å². The lowest BCUT2D eigenvalue weighted by molar-refractivity contribution is 0.0950. The van der Waals surface area contributed by atoms with Crippen LogP contribution >= 0.6 is 0 Å². The molecule has 1 aromatic rings. The second-order valence-corrected chi connectivity index (χ2v) is 6.06. The number of ether oxygens (including phenoxy) is 1. The van der Waals surface area contributed by atoms with Gasteiger partial charge in [-0.25, -0.2) is 13.1 Å². The highest BCUT2D eigenvalue weighted by atomic mass is 32.2. The van der Waals surface area contributed by atoms with Crippen LogP contribution in [0.3, 0.4) is 0 Å². The Morgan fingerprint density at radius 2 is 2.10 bits per heavy atom. The van der Waals surface area contributed by atoms with Crippen LogP contribution < -0.4 is 14.8 Å². The number of carbonyl (C=O) groups is 1. The molecule has 112 valence electrons. The quantitative estimate of drug-likeness (QED) is 0.618. The maximum Gasteiger partial charge on any atom is 0.255 e. The highest BCUT2D eigenvalue weighted by Gasteiger charge is 2.12. The van der Waals surface area contributed by atoms with Crippen molar-refractivity contribution in [1.82, 2.24) is 10.0 Å². The van der Waals surface area contributed by atoms with E-state index in [0.717, 1.165) is 0 Å². The van der Waals surface area contributed by atoms with Crippen molar-refractivity contribution in [1.29, 1.82) is 0 Å². The van der Waals surface area contributed by atoms with Crippen LogP contribution in [-0.2, 0) is 10.0 Å². The zero-order chi connectivity index (χ0) is 15.2. The topological polar surface area (TPSA) is 105 Å². The molecule has 0 spiro atoms. The fraction of sp³-hybridized carbons (Fsp3) is 0.417. The second-order valence-electron chi connectivity index (χ2n) is 4.02. The number of nitrogens with one attached hydrogen (secondary N) is 2. The van der Waals surface area contributed by atoms with Crippen LogP contribution in [0.5, 0.6) is 11.5 Å². The summed E-state index contributed by atoms with van der Waals surface area (Å²) in [6.45, 7) is 0.191. The number of hydrogen-bond donors (Lipinski definition) is 3. The predicted molar refractivity (Wildman–Crippen MR) is 74.5 cm³/mol. The first-order valence-corrected chi connectivity index (χ1v) is 7.61. The summed E-state index contributed by atoms with van der Waals surface area (Å²) in [6.07, 6.45) is 0.277. The summed E-state index contributed by atoms with van der Waals surface area (Å²) in [5.41, 5.74) is 0.0841. The number of phenols is 1. The molecular weight excluding hydrogens is 284 g/mol. The number of methoxy groups -OCH3 is 1. The molecule has 0 saturated heterocycles. The molecule has 0 aliphatic heterocycles. The van der Waals surface area contributed by atoms with E-state index in [0.29, 0.717) is 5.75 Å². The van der Waals surface area contributed by atoms with Gasteiger partial charge < -0.3 is 15.2 Å². The summed E-state index contributed by atoms with van der Waals surface area (Å²) in [7, 11) is -0.481. The van der Waals surface area contributed by atoms with Gasteiger partial charge in [0.15, 0.2) is 0 Å². The number of amides is 1. The molecule has 1 aromatic carbocycles. The molecule has 0 heterocycles. The fourth-order valence-corrected chi connectivity index (χ4v) is 2.21. The molecular formula is C12H18N2O5S. The van der Waals surface area contributed by atoms with E-state index in [2.05, 4.69) is 10.0 Å². The van der Waals surface area contributed by atoms with E-state index in [4.69, 9.17) is 4.74 Å². The van der Waals surface area contributed by atoms with Gasteiger partial charge >= 0.3 is 0 Å². The lowest BCUT2D eigenvalue weighted by atomic mass is 10.1. The van der Waals surface area contributed by atoms with Crippen molar-refractivity contribution in [3.63, 3.8) is 0 Å². The summed E-state index contributed by atoms with van der Waals surface area (Å²) >= 11 is 0. The van der Waals surface area contributed by atoms with Crippen LogP contribution in [0.2, 0.25) is 0 Å². The van der Waals surface area contributed by atoms with Crippen molar-refractivity contribution in [3.8, 4) is 11.5 Å². The fourth-order valence-electron chi connectivity index (χ4n) is 1.49. The smallest absolute Gasteiger partial charge is 0.255 e. The summed E-state index contributed by atoms with van der Waals surface area (Å²) in [5.74, 6) is -0.270. The molecule has 0 unspecified atom stereocenters. The molecule has 8 heteroatoms. The first-order chi connectivity index (χ1) is 9.39. The monoisotopic (exact) mass is 302 g/mol. The van der Waals surface area contributed by atoms with E-state index in [-0.39, 0.29) is 30.0 Å². The zero-order valence-electron chi connectivity index (χ0n) is 11.3. The summed E-state index contributed by atoms with van der Waals surface area (Å²) in [5, 5.41) is 12.1. The van der Waals surface area contributed by atoms with Crippen molar-refractivity contribution in [3.05, 3.63) is 23.8 Å². The third kappa shape index (κ3) is 4.71. The number of rotatable bonds is 7. The van der Waals surface area contributed by atoms with E-state index < -0.39 is 15.9 Å². The minimum atomic E-state index is -3.27. The molecule has 3 N–H and O–H groups in total. The van der Waals surface area contributed by atoms with Gasteiger partial charge in [-0.15, -0.1) is 0 Å². The van der Waals surface area contributed by atoms with Crippen molar-refractivity contribution >= 4 is 15.9 Å². The summed E-state index contributed by atoms with van der Waals surface area (Å²) < 4.78 is 29.5. The van der Waals surface area contributed by atoms with Gasteiger partial charge in [0.25, 0.3) is 5.91 Å². The molecule has 0 aliphatic carbocycles. The molecule has 0 saturated carbocycles. The van der Waals surface area contributed by atoms with Gasteiger partial charge in [-0.2, -0.15) is 0 Å². The second kappa shape index (κ2) is 7.11. The molecule has 0 atom stereocenters. The van der Waals surface area contributed by atoms with Crippen LogP contribution in [0, 0.1) is 0 Å². The predicted octanol–water partition coefficient (Wildman–Crippen LogP) is 0.0699. The first-order valence-electron chi connectivity index (χ1n) is 5.96. The third-order valence-electron chi connectivity index (χ3n) is 2.63. The summed E-state index contributed by atoms with van der Waals surface area (Å²) in [4.78, 5) is 11.8. The Bertz CT molecular complexity index is 571. The minimum absolute atomic E-state index is 0.0755. The molecule has 7 nitrogen and oxygen atoms in total. The van der Waals surface area contributed by atoms with Gasteiger partial charge in [0.1, 0.15) is 11.5 Å². The standard InChI is InChI=1S/C12H18N2O5S/c1-13-20(17,18)7-3-6-14-12(16)10-8-9(19-2)4-5-11(10)15/h4-5,8,13,15H,3,6-7H2,1-2H3,(H,14,16). The number of benzene rings is 1. The van der Waals surface area contributed by atoms with E-state index in [1.54, 1.807) is 0 Å². The van der Waals surface area contributed by atoms with Crippen LogP contribution in [-0.4, -0.2) is 45.9 Å². The van der Waals surface area contributed by atoms with Gasteiger partial charge in [-0.3, -0.25) is 4.79 Å². The van der Waals surface area contributed by atoms with Gasteiger partial charge in [0.05, 0.1) is 18.4 Å². The lowest BCUT2D eigenvalue weighted by Gasteiger charge is -2.08. The Labute approximate surface area is 118 Å². The number of phenolic OH excluding ortho intramolecular Hbond substituents is 1. The van der Waals surface area contributed by atoms with Gasteiger partial charge in [-0.1, -0.05) is 0 Å². The Kier molecular flexibility index (Phi) is 5.78. The number of sulfonamides is 1. The highest BCUT2D eigenvalue weighted by Crippen LogP contribution is 2.22. The molecule has 0 radical (unpaired) electrons. The minimum Gasteiger partial charge on any atom is -0.507 e. The van der Waals surface area contributed by atoms with Crippen molar-refractivity contribution in [2.45, 2.75) is 6.42 Å². The van der Waals surface area contributed by atoms with Gasteiger partial charge in [-0.05, 0) is 31.7 Å². The normalized spacial score (nSPS) is 11.1. The number of carbonyl (C=O) groups excluding carboxylic acids is 1. The molecule has 0 aromatic heterocycles. The van der Waals surface area contributed by atoms with Crippen LogP contribution in [0.4, 0.5) is 0 Å². The first kappa shape index (κ1) is 16.3. The Balaban J connectivity index is 2.55. The maximum atomic E-state index is 11.8. The summed E-state index contributed by atoms with van der Waals surface area (Å²) in [6, 6.07) is 4.31. The van der Waals surface area contributed by atoms with Gasteiger partial charge in [0.2, 0.25) is 10.0 Å². The Morgan fingerprint density at radius 1 is 1.40 bits per heavy atom. The molecule has 0 bridgehead atoms. The van der Waals surface area contributed by atoms with Crippen LogP contribution in [0.25, 0.3) is 0 Å². The largest absolute Gasteiger partial charge is 0.507 e. The zero-order valence-corrected chi connectivity index (χ0v) is 12.2. The van der Waals surface area contributed by atoms with E-state index >= 15 is 0 Å². The highest BCUT2D eigenvalue weighted by molar-refractivity contribution is 7.89. The van der Waals surface area contributed by atoms with Gasteiger partial charge in [0, 0.05) is 6.54 Å². The average Bonchev–Trinajstić information content (AvgIpc) is 2.44. The molecule has 0 fully saturated rings. The Morgan fingerprint density at radius 3 is 2.70 bits per heavy atom. The molecule has 0 aliphatic rings. The SMILES string of the molecule is CNS(=O)(=O)CCCNC(=O)c1cc(OC)ccc1O. The number of aromatic hydroxyl groups is 1.